The first kappa shape index (κ1) is 16.6. The van der Waals surface area contributed by atoms with Gasteiger partial charge in [-0.1, -0.05) is 30.3 Å². The Hall–Kier alpha value is -2.25. The van der Waals surface area contributed by atoms with E-state index in [9.17, 15) is 4.79 Å². The van der Waals surface area contributed by atoms with Crippen LogP contribution in [0.1, 0.15) is 23.3 Å². The van der Waals surface area contributed by atoms with Gasteiger partial charge < -0.3 is 10.5 Å². The van der Waals surface area contributed by atoms with E-state index in [-0.39, 0.29) is 12.0 Å². The normalized spacial score (nSPS) is 20.0. The van der Waals surface area contributed by atoms with Crippen LogP contribution in [-0.4, -0.2) is 51.4 Å². The summed E-state index contributed by atoms with van der Waals surface area (Å²) in [6, 6.07) is 9.21. The topological polar surface area (TPSA) is 86.3 Å². The third-order valence-corrected chi connectivity index (χ3v) is 4.26. The van der Waals surface area contributed by atoms with Gasteiger partial charge in [0.15, 0.2) is 0 Å². The van der Waals surface area contributed by atoms with Crippen LogP contribution in [0.25, 0.3) is 0 Å². The molecule has 2 aromatic rings. The van der Waals surface area contributed by atoms with E-state index in [1.807, 2.05) is 48.9 Å². The van der Waals surface area contributed by atoms with Gasteiger partial charge >= 0.3 is 0 Å². The van der Waals surface area contributed by atoms with Gasteiger partial charge in [0, 0.05) is 13.1 Å². The molecule has 0 bridgehead atoms. The van der Waals surface area contributed by atoms with Crippen LogP contribution >= 0.6 is 0 Å². The minimum atomic E-state index is -0.434. The third kappa shape index (κ3) is 3.63. The quantitative estimate of drug-likeness (QED) is 0.878. The largest absolute Gasteiger partial charge is 0.374 e. The van der Waals surface area contributed by atoms with E-state index in [1.165, 1.54) is 0 Å². The zero-order valence-electron chi connectivity index (χ0n) is 14.1. The molecule has 1 saturated heterocycles. The summed E-state index contributed by atoms with van der Waals surface area (Å²) >= 11 is 0. The van der Waals surface area contributed by atoms with Crippen LogP contribution < -0.4 is 5.73 Å². The fourth-order valence-corrected chi connectivity index (χ4v) is 3.20. The number of benzene rings is 1. The Labute approximate surface area is 141 Å². The van der Waals surface area contributed by atoms with Crippen molar-refractivity contribution < 1.29 is 9.53 Å². The van der Waals surface area contributed by atoms with E-state index in [0.29, 0.717) is 26.2 Å². The van der Waals surface area contributed by atoms with Crippen LogP contribution in [0.15, 0.2) is 30.3 Å². The summed E-state index contributed by atoms with van der Waals surface area (Å²) in [7, 11) is 0. The maximum Gasteiger partial charge on any atom is 0.239 e. The number of rotatable bonds is 5. The average Bonchev–Trinajstić information content (AvgIpc) is 2.86. The van der Waals surface area contributed by atoms with Crippen molar-refractivity contribution in [3.8, 4) is 0 Å². The highest BCUT2D eigenvalue weighted by molar-refractivity contribution is 5.81. The van der Waals surface area contributed by atoms with E-state index < -0.39 is 6.04 Å². The molecule has 1 aromatic heterocycles. The SMILES string of the molecule is Cc1nc(C)n(C[C@@H]2CN([C@H](C(N)=O)c3ccccc3)CCO2)n1. The van der Waals surface area contributed by atoms with Crippen molar-refractivity contribution in [2.75, 3.05) is 19.7 Å². The maximum atomic E-state index is 12.0. The molecule has 2 atom stereocenters. The van der Waals surface area contributed by atoms with Crippen molar-refractivity contribution in [3.63, 3.8) is 0 Å². The molecule has 0 aliphatic carbocycles. The third-order valence-electron chi connectivity index (χ3n) is 4.26. The summed E-state index contributed by atoms with van der Waals surface area (Å²) in [5.74, 6) is 1.27. The van der Waals surface area contributed by atoms with Crippen molar-refractivity contribution >= 4 is 5.91 Å². The van der Waals surface area contributed by atoms with Gasteiger partial charge in [-0.05, 0) is 19.4 Å². The van der Waals surface area contributed by atoms with Crippen molar-refractivity contribution in [3.05, 3.63) is 47.5 Å². The molecule has 3 rings (SSSR count). The average molecular weight is 329 g/mol. The molecule has 128 valence electrons. The monoisotopic (exact) mass is 329 g/mol. The molecule has 0 saturated carbocycles. The Bertz CT molecular complexity index is 700. The molecule has 7 nitrogen and oxygen atoms in total. The van der Waals surface area contributed by atoms with Crippen molar-refractivity contribution in [1.29, 1.82) is 0 Å². The highest BCUT2D eigenvalue weighted by Crippen LogP contribution is 2.23. The molecule has 0 radical (unpaired) electrons. The molecule has 1 aromatic carbocycles. The Balaban J connectivity index is 1.74. The van der Waals surface area contributed by atoms with E-state index in [1.54, 1.807) is 0 Å². The van der Waals surface area contributed by atoms with E-state index >= 15 is 0 Å². The number of primary amides is 1. The minimum absolute atomic E-state index is 0.0517. The van der Waals surface area contributed by atoms with Gasteiger partial charge in [0.1, 0.15) is 17.7 Å². The maximum absolute atomic E-state index is 12.0. The van der Waals surface area contributed by atoms with Gasteiger partial charge in [-0.2, -0.15) is 5.10 Å². The van der Waals surface area contributed by atoms with Crippen molar-refractivity contribution in [2.45, 2.75) is 32.5 Å². The van der Waals surface area contributed by atoms with Gasteiger partial charge in [0.2, 0.25) is 5.91 Å². The molecule has 1 aliphatic rings. The summed E-state index contributed by atoms with van der Waals surface area (Å²) in [4.78, 5) is 18.4. The molecule has 0 spiro atoms. The Morgan fingerprint density at radius 2 is 2.12 bits per heavy atom. The first-order chi connectivity index (χ1) is 11.5. The number of hydrogen-bond acceptors (Lipinski definition) is 5. The van der Waals surface area contributed by atoms with Crippen molar-refractivity contribution in [2.24, 2.45) is 5.73 Å². The predicted octanol–water partition coefficient (Wildman–Crippen LogP) is 0.822. The summed E-state index contributed by atoms with van der Waals surface area (Å²) < 4.78 is 7.71. The number of ether oxygens (including phenoxy) is 1. The summed E-state index contributed by atoms with van der Waals surface area (Å²) in [5, 5.41) is 4.38. The first-order valence-corrected chi connectivity index (χ1v) is 8.12. The second-order valence-corrected chi connectivity index (χ2v) is 6.09. The van der Waals surface area contributed by atoms with Gasteiger partial charge in [-0.15, -0.1) is 0 Å². The van der Waals surface area contributed by atoms with Crippen LogP contribution in [0.2, 0.25) is 0 Å². The number of nitrogens with zero attached hydrogens (tertiary/aromatic N) is 4. The number of morpholine rings is 1. The summed E-state index contributed by atoms with van der Waals surface area (Å²) in [6.07, 6.45) is -0.0517. The second kappa shape index (κ2) is 7.11. The highest BCUT2D eigenvalue weighted by atomic mass is 16.5. The Morgan fingerprint density at radius 1 is 1.38 bits per heavy atom. The molecule has 0 unspecified atom stereocenters. The van der Waals surface area contributed by atoms with E-state index in [0.717, 1.165) is 17.2 Å². The van der Waals surface area contributed by atoms with Gasteiger partial charge in [0.05, 0.1) is 19.3 Å². The summed E-state index contributed by atoms with van der Waals surface area (Å²) in [6.45, 7) is 6.28. The Morgan fingerprint density at radius 3 is 2.75 bits per heavy atom. The minimum Gasteiger partial charge on any atom is -0.374 e. The number of nitrogens with two attached hydrogens (primary N) is 1. The van der Waals surface area contributed by atoms with Crippen LogP contribution in [0.5, 0.6) is 0 Å². The van der Waals surface area contributed by atoms with Crippen LogP contribution in [0.4, 0.5) is 0 Å². The standard InChI is InChI=1S/C17H23N5O2/c1-12-19-13(2)22(20-12)11-15-10-21(8-9-24-15)16(17(18)23)14-6-4-3-5-7-14/h3-7,15-16H,8-11H2,1-2H3,(H2,18,23)/t15-,16-/m0/s1. The van der Waals surface area contributed by atoms with Crippen molar-refractivity contribution in [1.82, 2.24) is 19.7 Å². The van der Waals surface area contributed by atoms with E-state index in [2.05, 4.69) is 15.0 Å². The number of amides is 1. The van der Waals surface area contributed by atoms with Crippen LogP contribution in [0.3, 0.4) is 0 Å². The lowest BCUT2D eigenvalue weighted by Gasteiger charge is -2.37. The van der Waals surface area contributed by atoms with E-state index in [4.69, 9.17) is 10.5 Å². The zero-order chi connectivity index (χ0) is 17.1. The number of hydrogen-bond donors (Lipinski definition) is 1. The lowest BCUT2D eigenvalue weighted by Crippen LogP contribution is -2.49. The molecule has 1 aliphatic heterocycles. The molecule has 7 heteroatoms. The lowest BCUT2D eigenvalue weighted by atomic mass is 10.0. The molecule has 1 fully saturated rings. The fourth-order valence-electron chi connectivity index (χ4n) is 3.20. The van der Waals surface area contributed by atoms with Crippen LogP contribution in [0, 0.1) is 13.8 Å². The number of aromatic nitrogens is 3. The van der Waals surface area contributed by atoms with Gasteiger partial charge in [-0.3, -0.25) is 9.69 Å². The molecule has 24 heavy (non-hydrogen) atoms. The predicted molar refractivity (Wildman–Crippen MR) is 89.2 cm³/mol. The molecule has 2 heterocycles. The fraction of sp³-hybridized carbons (Fsp3) is 0.471. The van der Waals surface area contributed by atoms with Crippen LogP contribution in [-0.2, 0) is 16.1 Å². The first-order valence-electron chi connectivity index (χ1n) is 8.12. The molecular formula is C17H23N5O2. The number of carbonyl (C=O) groups excluding carboxylic acids is 1. The lowest BCUT2D eigenvalue weighted by molar-refractivity contribution is -0.127. The number of carbonyl (C=O) groups is 1. The molecule has 2 N–H and O–H groups in total. The summed E-state index contributed by atoms with van der Waals surface area (Å²) in [5.41, 5.74) is 6.59. The second-order valence-electron chi connectivity index (χ2n) is 6.09. The van der Waals surface area contributed by atoms with Gasteiger partial charge in [-0.25, -0.2) is 9.67 Å². The Kier molecular flexibility index (Phi) is 4.92. The zero-order valence-corrected chi connectivity index (χ0v) is 14.1. The highest BCUT2D eigenvalue weighted by Gasteiger charge is 2.31. The molecule has 1 amide bonds. The molecular weight excluding hydrogens is 306 g/mol. The number of aryl methyl sites for hydroxylation is 2. The smallest absolute Gasteiger partial charge is 0.239 e. The van der Waals surface area contributed by atoms with Gasteiger partial charge in [0.25, 0.3) is 0 Å².